The van der Waals surface area contributed by atoms with Crippen LogP contribution in [-0.4, -0.2) is 17.9 Å². The summed E-state index contributed by atoms with van der Waals surface area (Å²) in [6, 6.07) is 7.54. The highest BCUT2D eigenvalue weighted by Crippen LogP contribution is 2.12. The fraction of sp³-hybridized carbons (Fsp3) is 0.111. The minimum atomic E-state index is 0.0363. The fourth-order valence-electron chi connectivity index (χ4n) is 1.29. The van der Waals surface area contributed by atoms with Crippen LogP contribution >= 0.6 is 0 Å². The van der Waals surface area contributed by atoms with Crippen molar-refractivity contribution >= 4 is 24.2 Å². The SMILES string of the molecule is [B]c1ccc2cc(CO)[nH]c2c1. The molecule has 2 N–H and O–H groups in total. The molecule has 0 fully saturated rings. The molecule has 1 aromatic carbocycles. The average molecular weight is 157 g/mol. The molecule has 0 aliphatic heterocycles. The Bertz CT molecular complexity index is 408. The fourth-order valence-corrected chi connectivity index (χ4v) is 1.29. The van der Waals surface area contributed by atoms with Crippen LogP contribution in [0.15, 0.2) is 24.3 Å². The molecule has 0 saturated carbocycles. The molecule has 3 heteroatoms. The van der Waals surface area contributed by atoms with Gasteiger partial charge in [-0.05, 0) is 17.5 Å². The lowest BCUT2D eigenvalue weighted by Crippen LogP contribution is -1.98. The first-order valence-electron chi connectivity index (χ1n) is 3.77. The third-order valence-electron chi connectivity index (χ3n) is 1.87. The van der Waals surface area contributed by atoms with Gasteiger partial charge >= 0.3 is 0 Å². The summed E-state index contributed by atoms with van der Waals surface area (Å²) in [6.07, 6.45) is 0. The summed E-state index contributed by atoms with van der Waals surface area (Å²) >= 11 is 0. The van der Waals surface area contributed by atoms with Gasteiger partial charge in [-0.15, -0.1) is 0 Å². The van der Waals surface area contributed by atoms with E-state index in [0.29, 0.717) is 0 Å². The number of hydrogen-bond acceptors (Lipinski definition) is 1. The molecule has 0 spiro atoms. The zero-order chi connectivity index (χ0) is 8.55. The predicted octanol–water partition coefficient (Wildman–Crippen LogP) is 0.454. The van der Waals surface area contributed by atoms with Crippen molar-refractivity contribution in [1.82, 2.24) is 4.98 Å². The molecular formula is C9H8BNO. The van der Waals surface area contributed by atoms with Gasteiger partial charge in [0.2, 0.25) is 0 Å². The summed E-state index contributed by atoms with van der Waals surface area (Å²) in [7, 11) is 5.59. The van der Waals surface area contributed by atoms with E-state index in [9.17, 15) is 0 Å². The number of nitrogens with one attached hydrogen (secondary N) is 1. The molecule has 0 bridgehead atoms. The van der Waals surface area contributed by atoms with Crippen LogP contribution in [0.4, 0.5) is 0 Å². The molecule has 2 nitrogen and oxygen atoms in total. The van der Waals surface area contributed by atoms with Gasteiger partial charge in [0, 0.05) is 11.2 Å². The third-order valence-corrected chi connectivity index (χ3v) is 1.87. The first kappa shape index (κ1) is 7.43. The number of rotatable bonds is 1. The van der Waals surface area contributed by atoms with Crippen LogP contribution in [0, 0.1) is 0 Å². The van der Waals surface area contributed by atoms with Gasteiger partial charge in [0.1, 0.15) is 7.85 Å². The van der Waals surface area contributed by atoms with Gasteiger partial charge in [0.15, 0.2) is 0 Å². The Kier molecular flexibility index (Phi) is 1.66. The van der Waals surface area contributed by atoms with Crippen molar-refractivity contribution in [3.63, 3.8) is 0 Å². The Balaban J connectivity index is 2.67. The summed E-state index contributed by atoms with van der Waals surface area (Å²) in [5, 5.41) is 9.92. The lowest BCUT2D eigenvalue weighted by atomic mass is 9.96. The topological polar surface area (TPSA) is 36.0 Å². The van der Waals surface area contributed by atoms with Gasteiger partial charge in [-0.1, -0.05) is 17.6 Å². The van der Waals surface area contributed by atoms with E-state index in [1.54, 1.807) is 0 Å². The van der Waals surface area contributed by atoms with Gasteiger partial charge in [0.25, 0.3) is 0 Å². The van der Waals surface area contributed by atoms with E-state index >= 15 is 0 Å². The van der Waals surface area contributed by atoms with E-state index in [0.717, 1.165) is 22.1 Å². The van der Waals surface area contributed by atoms with Crippen molar-refractivity contribution < 1.29 is 5.11 Å². The first-order chi connectivity index (χ1) is 5.79. The van der Waals surface area contributed by atoms with Crippen LogP contribution in [-0.2, 0) is 6.61 Å². The standard InChI is InChI=1S/C9H8BNO/c10-7-2-1-6-3-8(5-12)11-9(6)4-7/h1-4,11-12H,5H2. The zero-order valence-corrected chi connectivity index (χ0v) is 6.54. The Hall–Kier alpha value is -1.22. The van der Waals surface area contributed by atoms with Crippen LogP contribution < -0.4 is 5.46 Å². The minimum absolute atomic E-state index is 0.0363. The molecule has 0 amide bonds. The van der Waals surface area contributed by atoms with E-state index in [1.165, 1.54) is 0 Å². The minimum Gasteiger partial charge on any atom is -0.390 e. The summed E-state index contributed by atoms with van der Waals surface area (Å²) < 4.78 is 0. The number of aliphatic hydroxyl groups excluding tert-OH is 1. The Morgan fingerprint density at radius 2 is 2.17 bits per heavy atom. The molecular weight excluding hydrogens is 149 g/mol. The largest absolute Gasteiger partial charge is 0.390 e. The molecule has 2 radical (unpaired) electrons. The lowest BCUT2D eigenvalue weighted by molar-refractivity contribution is 0.278. The summed E-state index contributed by atoms with van der Waals surface area (Å²) in [4.78, 5) is 3.06. The van der Waals surface area contributed by atoms with Gasteiger partial charge in [0.05, 0.1) is 6.61 Å². The molecule has 1 heterocycles. The van der Waals surface area contributed by atoms with Gasteiger partial charge < -0.3 is 10.1 Å². The highest BCUT2D eigenvalue weighted by atomic mass is 16.3. The number of benzene rings is 1. The van der Waals surface area contributed by atoms with E-state index in [1.807, 2.05) is 24.3 Å². The predicted molar refractivity (Wildman–Crippen MR) is 49.6 cm³/mol. The molecule has 58 valence electrons. The average Bonchev–Trinajstić information content (AvgIpc) is 2.46. The molecule has 0 aliphatic rings. The second-order valence-electron chi connectivity index (χ2n) is 2.80. The second-order valence-corrected chi connectivity index (χ2v) is 2.80. The van der Waals surface area contributed by atoms with Crippen LogP contribution in [0.2, 0.25) is 0 Å². The normalized spacial score (nSPS) is 10.8. The van der Waals surface area contributed by atoms with E-state index in [4.69, 9.17) is 13.0 Å². The Morgan fingerprint density at radius 3 is 2.92 bits per heavy atom. The third kappa shape index (κ3) is 1.12. The number of hydrogen-bond donors (Lipinski definition) is 2. The van der Waals surface area contributed by atoms with Crippen molar-refractivity contribution in [3.8, 4) is 0 Å². The molecule has 2 aromatic rings. The molecule has 2 rings (SSSR count). The van der Waals surface area contributed by atoms with E-state index < -0.39 is 0 Å². The quantitative estimate of drug-likeness (QED) is 0.579. The highest BCUT2D eigenvalue weighted by Gasteiger charge is 1.98. The van der Waals surface area contributed by atoms with E-state index in [2.05, 4.69) is 4.98 Å². The summed E-state index contributed by atoms with van der Waals surface area (Å²) in [5.41, 5.74) is 2.52. The Labute approximate surface area is 71.6 Å². The number of aliphatic hydroxyl groups is 1. The molecule has 12 heavy (non-hydrogen) atoms. The second kappa shape index (κ2) is 2.68. The molecule has 0 unspecified atom stereocenters. The zero-order valence-electron chi connectivity index (χ0n) is 6.54. The number of H-pyrrole nitrogens is 1. The maximum absolute atomic E-state index is 8.85. The van der Waals surface area contributed by atoms with Gasteiger partial charge in [-0.3, -0.25) is 0 Å². The van der Waals surface area contributed by atoms with Gasteiger partial charge in [-0.2, -0.15) is 0 Å². The van der Waals surface area contributed by atoms with Gasteiger partial charge in [-0.25, -0.2) is 0 Å². The Morgan fingerprint density at radius 1 is 1.33 bits per heavy atom. The maximum atomic E-state index is 8.85. The van der Waals surface area contributed by atoms with Crippen LogP contribution in [0.1, 0.15) is 5.69 Å². The number of aromatic amines is 1. The van der Waals surface area contributed by atoms with Crippen LogP contribution in [0.3, 0.4) is 0 Å². The molecule has 0 atom stereocenters. The number of aromatic nitrogens is 1. The monoisotopic (exact) mass is 157 g/mol. The highest BCUT2D eigenvalue weighted by molar-refractivity contribution is 6.33. The maximum Gasteiger partial charge on any atom is 0.113 e. The van der Waals surface area contributed by atoms with Crippen molar-refractivity contribution in [3.05, 3.63) is 30.0 Å². The smallest absolute Gasteiger partial charge is 0.113 e. The first-order valence-corrected chi connectivity index (χ1v) is 3.77. The van der Waals surface area contributed by atoms with Crippen LogP contribution in [0.25, 0.3) is 10.9 Å². The molecule has 1 aromatic heterocycles. The molecule has 0 aliphatic carbocycles. The number of fused-ring (bicyclic) bond motifs is 1. The van der Waals surface area contributed by atoms with Crippen molar-refractivity contribution in [2.75, 3.05) is 0 Å². The van der Waals surface area contributed by atoms with Crippen molar-refractivity contribution in [2.45, 2.75) is 6.61 Å². The van der Waals surface area contributed by atoms with Crippen molar-refractivity contribution in [1.29, 1.82) is 0 Å². The summed E-state index contributed by atoms with van der Waals surface area (Å²) in [5.74, 6) is 0. The summed E-state index contributed by atoms with van der Waals surface area (Å²) in [6.45, 7) is 0.0363. The van der Waals surface area contributed by atoms with Crippen LogP contribution in [0.5, 0.6) is 0 Å². The lowest BCUT2D eigenvalue weighted by Gasteiger charge is -1.91. The van der Waals surface area contributed by atoms with Crippen molar-refractivity contribution in [2.24, 2.45) is 0 Å². The van der Waals surface area contributed by atoms with E-state index in [-0.39, 0.29) is 6.61 Å². The molecule has 0 saturated heterocycles.